The van der Waals surface area contributed by atoms with Crippen molar-refractivity contribution in [1.82, 2.24) is 10.2 Å². The largest absolute Gasteiger partial charge is 0.350 e. The van der Waals surface area contributed by atoms with E-state index < -0.39 is 0 Å². The molecule has 1 aliphatic heterocycles. The molecule has 1 saturated heterocycles. The smallest absolute Gasteiger partial charge is 0.251 e. The molecule has 0 saturated carbocycles. The van der Waals surface area contributed by atoms with Gasteiger partial charge in [-0.15, -0.1) is 0 Å². The Balaban J connectivity index is 1.44. The van der Waals surface area contributed by atoms with Gasteiger partial charge in [0.25, 0.3) is 5.91 Å². The highest BCUT2D eigenvalue weighted by Gasteiger charge is 2.24. The first-order valence-electron chi connectivity index (χ1n) is 10.1. The fraction of sp³-hybridized carbons (Fsp3) is 0.240. The molecular weight excluding hydrogens is 363 g/mol. The van der Waals surface area contributed by atoms with Gasteiger partial charge in [-0.3, -0.25) is 9.69 Å². The minimum absolute atomic E-state index is 0.0608. The maximum Gasteiger partial charge on any atom is 0.251 e. The Bertz CT molecular complexity index is 933. The number of likely N-dealkylation sites (tertiary alicyclic amines) is 1. The Hall–Kier alpha value is -2.98. The van der Waals surface area contributed by atoms with Crippen LogP contribution >= 0.6 is 0 Å². The van der Waals surface area contributed by atoms with Crippen molar-refractivity contribution < 1.29 is 9.18 Å². The summed E-state index contributed by atoms with van der Waals surface area (Å²) in [6.07, 6.45) is 2.32. The molecule has 0 spiro atoms. The second kappa shape index (κ2) is 9.01. The lowest BCUT2D eigenvalue weighted by Gasteiger charge is -2.28. The van der Waals surface area contributed by atoms with Crippen LogP contribution in [0.4, 0.5) is 4.39 Å². The van der Waals surface area contributed by atoms with E-state index in [1.807, 2.05) is 54.6 Å². The van der Waals surface area contributed by atoms with Gasteiger partial charge in [0.2, 0.25) is 0 Å². The summed E-state index contributed by atoms with van der Waals surface area (Å²) in [4.78, 5) is 15.1. The zero-order valence-corrected chi connectivity index (χ0v) is 16.4. The molecule has 0 aromatic heterocycles. The van der Waals surface area contributed by atoms with E-state index in [4.69, 9.17) is 0 Å². The number of benzene rings is 3. The topological polar surface area (TPSA) is 32.3 Å². The van der Waals surface area contributed by atoms with Crippen LogP contribution in [0.2, 0.25) is 0 Å². The zero-order valence-electron chi connectivity index (χ0n) is 16.4. The average molecular weight is 388 g/mol. The van der Waals surface area contributed by atoms with E-state index in [1.165, 1.54) is 12.1 Å². The van der Waals surface area contributed by atoms with Gasteiger partial charge >= 0.3 is 0 Å². The van der Waals surface area contributed by atoms with Crippen LogP contribution in [0.25, 0.3) is 11.1 Å². The summed E-state index contributed by atoms with van der Waals surface area (Å²) in [5.41, 5.74) is 3.89. The van der Waals surface area contributed by atoms with Crippen molar-refractivity contribution >= 4 is 5.91 Å². The Kier molecular flexibility index (Phi) is 6.01. The molecule has 0 aliphatic carbocycles. The van der Waals surface area contributed by atoms with Gasteiger partial charge in [-0.05, 0) is 66.9 Å². The minimum atomic E-state index is -0.239. The lowest BCUT2D eigenvalue weighted by Crippen LogP contribution is -2.36. The van der Waals surface area contributed by atoms with Gasteiger partial charge in [0.05, 0.1) is 6.04 Å². The van der Waals surface area contributed by atoms with Crippen molar-refractivity contribution in [2.75, 3.05) is 19.6 Å². The Labute approximate surface area is 171 Å². The van der Waals surface area contributed by atoms with Crippen molar-refractivity contribution in [3.63, 3.8) is 0 Å². The van der Waals surface area contributed by atoms with Crippen molar-refractivity contribution in [2.45, 2.75) is 18.9 Å². The van der Waals surface area contributed by atoms with Gasteiger partial charge in [0, 0.05) is 12.1 Å². The highest BCUT2D eigenvalue weighted by molar-refractivity contribution is 5.94. The van der Waals surface area contributed by atoms with E-state index in [2.05, 4.69) is 22.3 Å². The molecule has 148 valence electrons. The lowest BCUT2D eigenvalue weighted by molar-refractivity contribution is 0.0938. The third-order valence-electron chi connectivity index (χ3n) is 5.55. The Morgan fingerprint density at radius 3 is 2.14 bits per heavy atom. The van der Waals surface area contributed by atoms with Crippen LogP contribution in [0.1, 0.15) is 34.8 Å². The first-order valence-corrected chi connectivity index (χ1v) is 10.1. The van der Waals surface area contributed by atoms with Gasteiger partial charge in [0.15, 0.2) is 0 Å². The zero-order chi connectivity index (χ0) is 20.1. The Morgan fingerprint density at radius 2 is 1.48 bits per heavy atom. The summed E-state index contributed by atoms with van der Waals surface area (Å²) in [7, 11) is 0. The fourth-order valence-corrected chi connectivity index (χ4v) is 3.93. The molecule has 1 amide bonds. The van der Waals surface area contributed by atoms with Crippen LogP contribution < -0.4 is 5.32 Å². The maximum atomic E-state index is 13.3. The maximum absolute atomic E-state index is 13.3. The van der Waals surface area contributed by atoms with Crippen molar-refractivity contribution in [3.05, 3.63) is 95.8 Å². The predicted molar refractivity (Wildman–Crippen MR) is 114 cm³/mol. The van der Waals surface area contributed by atoms with Crippen LogP contribution in [0.15, 0.2) is 78.9 Å². The molecule has 3 nitrogen and oxygen atoms in total. The quantitative estimate of drug-likeness (QED) is 0.640. The van der Waals surface area contributed by atoms with Crippen molar-refractivity contribution in [1.29, 1.82) is 0 Å². The molecule has 29 heavy (non-hydrogen) atoms. The van der Waals surface area contributed by atoms with E-state index >= 15 is 0 Å². The van der Waals surface area contributed by atoms with E-state index in [0.717, 1.165) is 42.6 Å². The van der Waals surface area contributed by atoms with E-state index in [9.17, 15) is 9.18 Å². The third kappa shape index (κ3) is 4.72. The normalized spacial score (nSPS) is 15.2. The predicted octanol–water partition coefficient (Wildman–Crippen LogP) is 5.06. The molecule has 1 atom stereocenters. The number of halogens is 1. The first-order chi connectivity index (χ1) is 14.2. The van der Waals surface area contributed by atoms with Gasteiger partial charge < -0.3 is 5.32 Å². The van der Waals surface area contributed by atoms with Gasteiger partial charge in [-0.1, -0.05) is 54.6 Å². The van der Waals surface area contributed by atoms with E-state index in [0.29, 0.717) is 12.1 Å². The van der Waals surface area contributed by atoms with Crippen LogP contribution in [0.3, 0.4) is 0 Å². The third-order valence-corrected chi connectivity index (χ3v) is 5.55. The minimum Gasteiger partial charge on any atom is -0.350 e. The second-order valence-electron chi connectivity index (χ2n) is 7.46. The number of hydrogen-bond donors (Lipinski definition) is 1. The average Bonchev–Trinajstić information content (AvgIpc) is 3.30. The van der Waals surface area contributed by atoms with E-state index in [-0.39, 0.29) is 17.8 Å². The summed E-state index contributed by atoms with van der Waals surface area (Å²) in [6.45, 7) is 2.51. The number of amides is 1. The molecule has 4 rings (SSSR count). The highest BCUT2D eigenvalue weighted by atomic mass is 19.1. The molecule has 3 aromatic rings. The van der Waals surface area contributed by atoms with Crippen LogP contribution in [-0.4, -0.2) is 30.4 Å². The van der Waals surface area contributed by atoms with Crippen molar-refractivity contribution in [2.24, 2.45) is 0 Å². The number of carbonyl (C=O) groups is 1. The van der Waals surface area contributed by atoms with E-state index in [1.54, 1.807) is 0 Å². The number of rotatable bonds is 6. The molecule has 0 bridgehead atoms. The molecule has 1 fully saturated rings. The monoisotopic (exact) mass is 388 g/mol. The highest BCUT2D eigenvalue weighted by Crippen LogP contribution is 2.25. The number of nitrogens with zero attached hydrogens (tertiary/aromatic N) is 1. The molecule has 4 heteroatoms. The van der Waals surface area contributed by atoms with Gasteiger partial charge in [0.1, 0.15) is 5.82 Å². The van der Waals surface area contributed by atoms with Crippen LogP contribution in [-0.2, 0) is 0 Å². The second-order valence-corrected chi connectivity index (χ2v) is 7.46. The molecule has 1 heterocycles. The molecule has 3 aromatic carbocycles. The van der Waals surface area contributed by atoms with Crippen LogP contribution in [0.5, 0.6) is 0 Å². The number of carbonyl (C=O) groups excluding carboxylic acids is 1. The van der Waals surface area contributed by atoms with Gasteiger partial charge in [-0.2, -0.15) is 0 Å². The molecule has 1 unspecified atom stereocenters. The fourth-order valence-electron chi connectivity index (χ4n) is 3.93. The summed E-state index contributed by atoms with van der Waals surface area (Å²) < 4.78 is 13.3. The molecular formula is C25H25FN2O. The van der Waals surface area contributed by atoms with Crippen molar-refractivity contribution in [3.8, 4) is 11.1 Å². The summed E-state index contributed by atoms with van der Waals surface area (Å²) in [5.74, 6) is -0.326. The SMILES string of the molecule is O=C(NCC(c1ccc(F)cc1)N1CCCC1)c1ccc(-c2ccccc2)cc1. The Morgan fingerprint density at radius 1 is 0.862 bits per heavy atom. The van der Waals surface area contributed by atoms with Gasteiger partial charge in [-0.25, -0.2) is 4.39 Å². The first kappa shape index (κ1) is 19.3. The summed E-state index contributed by atoms with van der Waals surface area (Å²) in [6, 6.07) is 24.5. The number of hydrogen-bond acceptors (Lipinski definition) is 2. The molecule has 1 N–H and O–H groups in total. The lowest BCUT2D eigenvalue weighted by atomic mass is 10.0. The standard InChI is InChI=1S/C25H25FN2O/c26-23-14-12-21(13-15-23)24(28-16-4-5-17-28)18-27-25(29)22-10-8-20(9-11-22)19-6-2-1-3-7-19/h1-3,6-15,24H,4-5,16-18H2,(H,27,29). The summed E-state index contributed by atoms with van der Waals surface area (Å²) >= 11 is 0. The molecule has 0 radical (unpaired) electrons. The summed E-state index contributed by atoms with van der Waals surface area (Å²) in [5, 5.41) is 3.07. The molecule has 1 aliphatic rings. The number of nitrogens with one attached hydrogen (secondary N) is 1. The van der Waals surface area contributed by atoms with Crippen LogP contribution in [0, 0.1) is 5.82 Å².